The first kappa shape index (κ1) is 13.5. The van der Waals surface area contributed by atoms with E-state index in [1.807, 2.05) is 6.07 Å². The number of rotatable bonds is 4. The van der Waals surface area contributed by atoms with Gasteiger partial charge in [-0.15, -0.1) is 0 Å². The molecule has 1 saturated carbocycles. The molecule has 0 amide bonds. The predicted molar refractivity (Wildman–Crippen MR) is 74.4 cm³/mol. The van der Waals surface area contributed by atoms with Crippen LogP contribution in [0, 0.1) is 18.7 Å². The van der Waals surface area contributed by atoms with Gasteiger partial charge in [-0.3, -0.25) is 0 Å². The van der Waals surface area contributed by atoms with Crippen LogP contribution in [0.25, 0.3) is 0 Å². The van der Waals surface area contributed by atoms with Crippen LogP contribution in [0.1, 0.15) is 49.7 Å². The van der Waals surface area contributed by atoms with Crippen LogP contribution in [0.5, 0.6) is 0 Å². The third-order valence-electron chi connectivity index (χ3n) is 4.21. The van der Waals surface area contributed by atoms with Gasteiger partial charge in [0.05, 0.1) is 0 Å². The molecule has 1 fully saturated rings. The number of halogens is 1. The Morgan fingerprint density at radius 2 is 2.06 bits per heavy atom. The van der Waals surface area contributed by atoms with Gasteiger partial charge in [0.2, 0.25) is 0 Å². The van der Waals surface area contributed by atoms with Gasteiger partial charge >= 0.3 is 0 Å². The quantitative estimate of drug-likeness (QED) is 0.850. The minimum Gasteiger partial charge on any atom is -0.317 e. The van der Waals surface area contributed by atoms with Crippen LogP contribution in [-0.4, -0.2) is 13.1 Å². The van der Waals surface area contributed by atoms with Crippen molar-refractivity contribution in [2.24, 2.45) is 5.92 Å². The third kappa shape index (κ3) is 3.11. The molecule has 0 spiro atoms. The second kappa shape index (κ2) is 6.33. The van der Waals surface area contributed by atoms with E-state index >= 15 is 0 Å². The van der Waals surface area contributed by atoms with E-state index in [4.69, 9.17) is 0 Å². The molecular weight excluding hydrogens is 225 g/mol. The number of aryl methyl sites for hydroxylation is 1. The molecule has 18 heavy (non-hydrogen) atoms. The van der Waals surface area contributed by atoms with Crippen molar-refractivity contribution in [3.63, 3.8) is 0 Å². The maximum absolute atomic E-state index is 13.5. The van der Waals surface area contributed by atoms with Crippen molar-refractivity contribution in [2.75, 3.05) is 13.1 Å². The molecule has 1 aliphatic carbocycles. The van der Waals surface area contributed by atoms with Gasteiger partial charge < -0.3 is 5.32 Å². The molecule has 0 saturated heterocycles. The Bertz CT molecular complexity index is 389. The van der Waals surface area contributed by atoms with Crippen LogP contribution in [0.2, 0.25) is 0 Å². The predicted octanol–water partition coefficient (Wildman–Crippen LogP) is 4.02. The molecule has 100 valence electrons. The number of benzene rings is 1. The Kier molecular flexibility index (Phi) is 4.76. The average molecular weight is 249 g/mol. The van der Waals surface area contributed by atoms with Gasteiger partial charge in [0.1, 0.15) is 5.82 Å². The first-order valence-corrected chi connectivity index (χ1v) is 7.19. The molecule has 2 heteroatoms. The van der Waals surface area contributed by atoms with Crippen molar-refractivity contribution in [1.82, 2.24) is 5.32 Å². The summed E-state index contributed by atoms with van der Waals surface area (Å²) in [5, 5.41) is 3.46. The Balaban J connectivity index is 2.19. The highest BCUT2D eigenvalue weighted by Gasteiger charge is 2.27. The Morgan fingerprint density at radius 1 is 1.28 bits per heavy atom. The van der Waals surface area contributed by atoms with E-state index < -0.39 is 0 Å². The Morgan fingerprint density at radius 3 is 2.83 bits per heavy atom. The van der Waals surface area contributed by atoms with Crippen molar-refractivity contribution in [3.8, 4) is 0 Å². The molecule has 2 atom stereocenters. The average Bonchev–Trinajstić information content (AvgIpc) is 2.39. The molecule has 1 N–H and O–H groups in total. The van der Waals surface area contributed by atoms with E-state index in [1.54, 1.807) is 12.1 Å². The van der Waals surface area contributed by atoms with Crippen LogP contribution in [0.15, 0.2) is 18.2 Å². The summed E-state index contributed by atoms with van der Waals surface area (Å²) in [7, 11) is 0. The van der Waals surface area contributed by atoms with Crippen molar-refractivity contribution in [1.29, 1.82) is 0 Å². The zero-order valence-electron chi connectivity index (χ0n) is 11.5. The zero-order chi connectivity index (χ0) is 13.0. The molecule has 0 aliphatic heterocycles. The molecule has 1 aliphatic rings. The van der Waals surface area contributed by atoms with Crippen LogP contribution in [0.4, 0.5) is 4.39 Å². The molecule has 0 radical (unpaired) electrons. The van der Waals surface area contributed by atoms with Crippen molar-refractivity contribution in [3.05, 3.63) is 35.1 Å². The largest absolute Gasteiger partial charge is 0.317 e. The van der Waals surface area contributed by atoms with E-state index in [-0.39, 0.29) is 5.82 Å². The summed E-state index contributed by atoms with van der Waals surface area (Å²) < 4.78 is 13.5. The molecule has 2 unspecified atom stereocenters. The molecule has 0 aromatic heterocycles. The zero-order valence-corrected chi connectivity index (χ0v) is 11.5. The van der Waals surface area contributed by atoms with E-state index in [2.05, 4.69) is 19.2 Å². The number of nitrogens with one attached hydrogen (secondary N) is 1. The van der Waals surface area contributed by atoms with Gasteiger partial charge in [-0.05, 0) is 68.0 Å². The van der Waals surface area contributed by atoms with Crippen molar-refractivity contribution in [2.45, 2.75) is 45.4 Å². The van der Waals surface area contributed by atoms with Gasteiger partial charge in [-0.2, -0.15) is 0 Å². The maximum atomic E-state index is 13.5. The molecule has 0 heterocycles. The maximum Gasteiger partial charge on any atom is 0.123 e. The Labute approximate surface area is 110 Å². The van der Waals surface area contributed by atoms with Crippen LogP contribution in [0.3, 0.4) is 0 Å². The summed E-state index contributed by atoms with van der Waals surface area (Å²) in [5.74, 6) is 1.11. The molecule has 1 nitrogen and oxygen atoms in total. The summed E-state index contributed by atoms with van der Waals surface area (Å²) in [6, 6.07) is 5.24. The lowest BCUT2D eigenvalue weighted by molar-refractivity contribution is 0.296. The standard InChI is InChI=1S/C16H24FN/c1-3-18-11-13-6-4-5-7-15(13)16-10-14(17)9-8-12(16)2/h8-10,13,15,18H,3-7,11H2,1-2H3. The number of hydrogen-bond donors (Lipinski definition) is 1. The van der Waals surface area contributed by atoms with E-state index in [0.29, 0.717) is 11.8 Å². The smallest absolute Gasteiger partial charge is 0.123 e. The van der Waals surface area contributed by atoms with Gasteiger partial charge in [-0.25, -0.2) is 4.39 Å². The summed E-state index contributed by atoms with van der Waals surface area (Å²) in [6.07, 6.45) is 5.08. The molecule has 0 bridgehead atoms. The highest BCUT2D eigenvalue weighted by atomic mass is 19.1. The summed E-state index contributed by atoms with van der Waals surface area (Å²) in [4.78, 5) is 0. The second-order valence-corrected chi connectivity index (χ2v) is 5.46. The van der Waals surface area contributed by atoms with Crippen molar-refractivity contribution < 1.29 is 4.39 Å². The SMILES string of the molecule is CCNCC1CCCCC1c1cc(F)ccc1C. The summed E-state index contributed by atoms with van der Waals surface area (Å²) >= 11 is 0. The lowest BCUT2D eigenvalue weighted by atomic mass is 9.74. The van der Waals surface area contributed by atoms with Crippen molar-refractivity contribution >= 4 is 0 Å². The summed E-state index contributed by atoms with van der Waals surface area (Å²) in [5.41, 5.74) is 2.47. The fourth-order valence-corrected chi connectivity index (χ4v) is 3.20. The van der Waals surface area contributed by atoms with Gasteiger partial charge in [0, 0.05) is 0 Å². The highest BCUT2D eigenvalue weighted by molar-refractivity contribution is 5.31. The highest BCUT2D eigenvalue weighted by Crippen LogP contribution is 2.38. The van der Waals surface area contributed by atoms with Gasteiger partial charge in [0.15, 0.2) is 0 Å². The lowest BCUT2D eigenvalue weighted by Crippen LogP contribution is -2.29. The molecule has 1 aromatic rings. The second-order valence-electron chi connectivity index (χ2n) is 5.46. The van der Waals surface area contributed by atoms with Crippen LogP contribution < -0.4 is 5.32 Å². The monoisotopic (exact) mass is 249 g/mol. The Hall–Kier alpha value is -0.890. The van der Waals surface area contributed by atoms with Crippen LogP contribution in [-0.2, 0) is 0 Å². The lowest BCUT2D eigenvalue weighted by Gasteiger charge is -2.33. The first-order valence-electron chi connectivity index (χ1n) is 7.19. The first-order chi connectivity index (χ1) is 8.72. The molecule has 2 rings (SSSR count). The third-order valence-corrected chi connectivity index (χ3v) is 4.21. The topological polar surface area (TPSA) is 12.0 Å². The van der Waals surface area contributed by atoms with Crippen LogP contribution >= 0.6 is 0 Å². The molecule has 1 aromatic carbocycles. The fraction of sp³-hybridized carbons (Fsp3) is 0.625. The van der Waals surface area contributed by atoms with E-state index in [0.717, 1.165) is 13.1 Å². The minimum absolute atomic E-state index is 0.0941. The van der Waals surface area contributed by atoms with Gasteiger partial charge in [0.25, 0.3) is 0 Å². The molecular formula is C16H24FN. The fourth-order valence-electron chi connectivity index (χ4n) is 3.20. The minimum atomic E-state index is -0.0941. The summed E-state index contributed by atoms with van der Waals surface area (Å²) in [6.45, 7) is 6.33. The van der Waals surface area contributed by atoms with Gasteiger partial charge in [-0.1, -0.05) is 25.8 Å². The normalized spacial score (nSPS) is 24.2. The van der Waals surface area contributed by atoms with E-state index in [9.17, 15) is 4.39 Å². The number of hydrogen-bond acceptors (Lipinski definition) is 1. The van der Waals surface area contributed by atoms with E-state index in [1.165, 1.54) is 36.8 Å².